The highest BCUT2D eigenvalue weighted by Crippen LogP contribution is 2.16. The second-order valence-corrected chi connectivity index (χ2v) is 7.91. The van der Waals surface area contributed by atoms with Gasteiger partial charge >= 0.3 is 6.09 Å². The van der Waals surface area contributed by atoms with Crippen molar-refractivity contribution >= 4 is 41.7 Å². The van der Waals surface area contributed by atoms with Gasteiger partial charge < -0.3 is 25.2 Å². The highest BCUT2D eigenvalue weighted by Gasteiger charge is 2.24. The maximum Gasteiger partial charge on any atom is 0.409 e. The molecule has 2 saturated heterocycles. The van der Waals surface area contributed by atoms with Crippen LogP contribution in [-0.4, -0.2) is 93.9 Å². The van der Waals surface area contributed by atoms with Crippen LogP contribution in [0.5, 0.6) is 0 Å². The summed E-state index contributed by atoms with van der Waals surface area (Å²) in [6, 6.07) is 7.03. The number of ether oxygens (including phenoxy) is 1. The first-order chi connectivity index (χ1) is 15.1. The second-order valence-electron chi connectivity index (χ2n) is 7.91. The van der Waals surface area contributed by atoms with E-state index in [0.29, 0.717) is 25.7 Å². The van der Waals surface area contributed by atoms with Crippen molar-refractivity contribution in [2.24, 2.45) is 4.99 Å². The van der Waals surface area contributed by atoms with Crippen LogP contribution in [0.1, 0.15) is 19.8 Å². The zero-order valence-electron chi connectivity index (χ0n) is 19.1. The van der Waals surface area contributed by atoms with Crippen molar-refractivity contribution in [3.05, 3.63) is 30.1 Å². The molecule has 1 amide bonds. The molecule has 1 aromatic carbocycles. The van der Waals surface area contributed by atoms with E-state index in [4.69, 9.17) is 4.74 Å². The monoisotopic (exact) mass is 562 g/mol. The Morgan fingerprint density at radius 1 is 1.12 bits per heavy atom. The third-order valence-corrected chi connectivity index (χ3v) is 5.87. The number of piperazine rings is 1. The maximum atomic E-state index is 13.1. The molecule has 2 aliphatic heterocycles. The molecule has 2 fully saturated rings. The molecule has 0 spiro atoms. The normalized spacial score (nSPS) is 18.2. The van der Waals surface area contributed by atoms with Gasteiger partial charge in [0.25, 0.3) is 0 Å². The van der Waals surface area contributed by atoms with E-state index in [0.717, 1.165) is 63.8 Å². The van der Waals surface area contributed by atoms with Gasteiger partial charge in [0.05, 0.1) is 6.61 Å². The molecule has 2 heterocycles. The van der Waals surface area contributed by atoms with E-state index in [-0.39, 0.29) is 35.9 Å². The summed E-state index contributed by atoms with van der Waals surface area (Å²) in [4.78, 5) is 22.6. The Balaban J connectivity index is 0.00000363. The summed E-state index contributed by atoms with van der Waals surface area (Å²) in [5.74, 6) is 0.611. The van der Waals surface area contributed by atoms with Gasteiger partial charge in [-0.15, -0.1) is 24.0 Å². The van der Waals surface area contributed by atoms with Gasteiger partial charge in [0, 0.05) is 71.1 Å². The van der Waals surface area contributed by atoms with Gasteiger partial charge in [-0.25, -0.2) is 9.18 Å². The largest absolute Gasteiger partial charge is 0.450 e. The fraction of sp³-hybridized carbons (Fsp3) is 0.636. The Morgan fingerprint density at radius 3 is 2.38 bits per heavy atom. The number of hydrogen-bond donors (Lipinski definition) is 2. The quantitative estimate of drug-likeness (QED) is 0.315. The molecule has 2 N–H and O–H groups in total. The summed E-state index contributed by atoms with van der Waals surface area (Å²) >= 11 is 0. The molecular formula is C22H36FIN6O2. The molecule has 180 valence electrons. The number of rotatable bonds is 6. The topological polar surface area (TPSA) is 72.4 Å². The molecule has 0 bridgehead atoms. The predicted octanol–water partition coefficient (Wildman–Crippen LogP) is 2.35. The average molecular weight is 562 g/mol. The van der Waals surface area contributed by atoms with Crippen molar-refractivity contribution < 1.29 is 13.9 Å². The number of nitrogens with zero attached hydrogens (tertiary/aromatic N) is 4. The molecule has 0 aromatic heterocycles. The van der Waals surface area contributed by atoms with Crippen LogP contribution >= 0.6 is 24.0 Å². The number of nitrogens with one attached hydrogen (secondary N) is 2. The lowest BCUT2D eigenvalue weighted by Crippen LogP contribution is -2.52. The number of guanidine groups is 1. The van der Waals surface area contributed by atoms with Crippen molar-refractivity contribution in [2.75, 3.05) is 70.9 Å². The fourth-order valence-corrected chi connectivity index (χ4v) is 4.02. The van der Waals surface area contributed by atoms with Crippen LogP contribution in [0, 0.1) is 5.82 Å². The van der Waals surface area contributed by atoms with Crippen LogP contribution in [0.3, 0.4) is 0 Å². The summed E-state index contributed by atoms with van der Waals surface area (Å²) in [7, 11) is 1.78. The smallest absolute Gasteiger partial charge is 0.409 e. The third kappa shape index (κ3) is 7.95. The van der Waals surface area contributed by atoms with Gasteiger partial charge in [-0.05, 0) is 44.0 Å². The van der Waals surface area contributed by atoms with E-state index >= 15 is 0 Å². The summed E-state index contributed by atoms with van der Waals surface area (Å²) in [6.45, 7) is 9.25. The molecule has 0 unspecified atom stereocenters. The first-order valence-corrected chi connectivity index (χ1v) is 11.2. The zero-order valence-corrected chi connectivity index (χ0v) is 21.4. The SMILES string of the molecule is CCOC(=O)N1CCC(NC(=NC)NCCN2CCN(c3ccc(F)cc3)CC2)CC1.I. The van der Waals surface area contributed by atoms with Crippen LogP contribution in [0.4, 0.5) is 14.9 Å². The summed E-state index contributed by atoms with van der Waals surface area (Å²) < 4.78 is 18.2. The third-order valence-electron chi connectivity index (χ3n) is 5.87. The number of piperidine rings is 1. The minimum atomic E-state index is -0.219. The lowest BCUT2D eigenvalue weighted by molar-refractivity contribution is 0.0963. The standard InChI is InChI=1S/C22H35FN6O2.HI/c1-3-31-22(30)29-11-8-19(9-12-29)26-21(24-2)25-10-13-27-14-16-28(17-15-27)20-6-4-18(23)5-7-20;/h4-7,19H,3,8-17H2,1-2H3,(H2,24,25,26);1H. The molecule has 32 heavy (non-hydrogen) atoms. The number of likely N-dealkylation sites (tertiary alicyclic amines) is 1. The molecule has 0 atom stereocenters. The summed E-state index contributed by atoms with van der Waals surface area (Å²) in [5.41, 5.74) is 1.08. The Kier molecular flexibility index (Phi) is 11.3. The van der Waals surface area contributed by atoms with Gasteiger partial charge in [-0.3, -0.25) is 9.89 Å². The van der Waals surface area contributed by atoms with Crippen molar-refractivity contribution in [1.82, 2.24) is 20.4 Å². The van der Waals surface area contributed by atoms with Crippen LogP contribution in [-0.2, 0) is 4.74 Å². The van der Waals surface area contributed by atoms with Gasteiger partial charge in [0.15, 0.2) is 5.96 Å². The molecule has 0 radical (unpaired) electrons. The van der Waals surface area contributed by atoms with Crippen molar-refractivity contribution in [2.45, 2.75) is 25.8 Å². The number of amides is 1. The molecule has 8 nitrogen and oxygen atoms in total. The maximum absolute atomic E-state index is 13.1. The van der Waals surface area contributed by atoms with Crippen molar-refractivity contribution in [3.8, 4) is 0 Å². The number of anilines is 1. The molecule has 1 aromatic rings. The lowest BCUT2D eigenvalue weighted by atomic mass is 10.1. The predicted molar refractivity (Wildman–Crippen MR) is 137 cm³/mol. The zero-order chi connectivity index (χ0) is 22.1. The summed E-state index contributed by atoms with van der Waals surface area (Å²) in [6.07, 6.45) is 1.54. The second kappa shape index (κ2) is 13.7. The summed E-state index contributed by atoms with van der Waals surface area (Å²) in [5, 5.41) is 6.87. The fourth-order valence-electron chi connectivity index (χ4n) is 4.02. The highest BCUT2D eigenvalue weighted by molar-refractivity contribution is 14.0. The number of halogens is 2. The molecular weight excluding hydrogens is 526 g/mol. The van der Waals surface area contributed by atoms with Gasteiger partial charge in [0.2, 0.25) is 0 Å². The number of carbonyl (C=O) groups excluding carboxylic acids is 1. The van der Waals surface area contributed by atoms with E-state index in [2.05, 4.69) is 25.4 Å². The van der Waals surface area contributed by atoms with E-state index in [1.54, 1.807) is 11.9 Å². The van der Waals surface area contributed by atoms with Crippen LogP contribution < -0.4 is 15.5 Å². The van der Waals surface area contributed by atoms with E-state index in [9.17, 15) is 9.18 Å². The number of aliphatic imine (C=N–C) groups is 1. The Hall–Kier alpha value is -1.82. The number of benzene rings is 1. The average Bonchev–Trinajstić information content (AvgIpc) is 2.80. The van der Waals surface area contributed by atoms with Gasteiger partial charge in [-0.1, -0.05) is 0 Å². The van der Waals surface area contributed by atoms with E-state index in [1.165, 1.54) is 12.1 Å². The molecule has 3 rings (SSSR count). The van der Waals surface area contributed by atoms with Gasteiger partial charge in [0.1, 0.15) is 5.82 Å². The van der Waals surface area contributed by atoms with Crippen LogP contribution in [0.2, 0.25) is 0 Å². The molecule has 2 aliphatic rings. The van der Waals surface area contributed by atoms with Crippen molar-refractivity contribution in [1.29, 1.82) is 0 Å². The van der Waals surface area contributed by atoms with Crippen LogP contribution in [0.25, 0.3) is 0 Å². The van der Waals surface area contributed by atoms with Gasteiger partial charge in [-0.2, -0.15) is 0 Å². The number of carbonyl (C=O) groups is 1. The van der Waals surface area contributed by atoms with E-state index in [1.807, 2.05) is 19.1 Å². The lowest BCUT2D eigenvalue weighted by Gasteiger charge is -2.36. The minimum Gasteiger partial charge on any atom is -0.450 e. The van der Waals surface area contributed by atoms with Crippen LogP contribution in [0.15, 0.2) is 29.3 Å². The molecule has 0 saturated carbocycles. The first-order valence-electron chi connectivity index (χ1n) is 11.2. The highest BCUT2D eigenvalue weighted by atomic mass is 127. The molecule has 10 heteroatoms. The van der Waals surface area contributed by atoms with E-state index < -0.39 is 0 Å². The first kappa shape index (κ1) is 26.4. The minimum absolute atomic E-state index is 0. The Labute approximate surface area is 207 Å². The Morgan fingerprint density at radius 2 is 1.78 bits per heavy atom. The Bertz CT molecular complexity index is 720. The van der Waals surface area contributed by atoms with Crippen molar-refractivity contribution in [3.63, 3.8) is 0 Å². The molecule has 0 aliphatic carbocycles. The number of hydrogen-bond acceptors (Lipinski definition) is 5.